The molecule has 0 aliphatic carbocycles. The summed E-state index contributed by atoms with van der Waals surface area (Å²) in [6.45, 7) is -0.268. The van der Waals surface area contributed by atoms with Crippen LogP contribution in [0.3, 0.4) is 0 Å². The molecule has 0 bridgehead atoms. The van der Waals surface area contributed by atoms with Gasteiger partial charge >= 0.3 is 11.9 Å². The van der Waals surface area contributed by atoms with Crippen LogP contribution in [0.4, 0.5) is 0 Å². The molecule has 9 heteroatoms. The highest BCUT2D eigenvalue weighted by Crippen LogP contribution is 2.37. The number of cyclic esters (lactones) is 1. The Morgan fingerprint density at radius 3 is 2.69 bits per heavy atom. The van der Waals surface area contributed by atoms with Gasteiger partial charge in [0.25, 0.3) is 0 Å². The standard InChI is InChI=1S/C20H22ClNO7/c1-27-17(25)12-29-22-13-8-6-4-2-3-5-7-9-28-20(26)18-14(10-13)19(21)16(24)11-15(18)23/h3,5-6,8,11,23-24H,2,4,7,9-10,12H2,1H3. The van der Waals surface area contributed by atoms with E-state index in [-0.39, 0.29) is 29.2 Å². The molecule has 0 aromatic heterocycles. The highest BCUT2D eigenvalue weighted by Gasteiger charge is 2.24. The zero-order valence-corrected chi connectivity index (χ0v) is 16.6. The smallest absolute Gasteiger partial charge is 0.346 e. The van der Waals surface area contributed by atoms with Gasteiger partial charge in [-0.1, -0.05) is 35.0 Å². The van der Waals surface area contributed by atoms with Crippen LogP contribution in [0.1, 0.15) is 35.2 Å². The number of rotatable bonds is 3. The highest BCUT2D eigenvalue weighted by molar-refractivity contribution is 6.33. The third kappa shape index (κ3) is 6.53. The van der Waals surface area contributed by atoms with E-state index in [1.54, 1.807) is 6.08 Å². The lowest BCUT2D eigenvalue weighted by molar-refractivity contribution is -0.145. The monoisotopic (exact) mass is 423 g/mol. The number of allylic oxidation sites excluding steroid dienone is 3. The van der Waals surface area contributed by atoms with Crippen molar-refractivity contribution >= 4 is 29.3 Å². The molecule has 8 nitrogen and oxygen atoms in total. The van der Waals surface area contributed by atoms with Crippen LogP contribution in [-0.4, -0.2) is 48.2 Å². The van der Waals surface area contributed by atoms with Gasteiger partial charge < -0.3 is 24.5 Å². The van der Waals surface area contributed by atoms with Crippen LogP contribution < -0.4 is 0 Å². The van der Waals surface area contributed by atoms with E-state index in [9.17, 15) is 19.8 Å². The maximum Gasteiger partial charge on any atom is 0.346 e. The van der Waals surface area contributed by atoms with Crippen molar-refractivity contribution in [2.24, 2.45) is 5.16 Å². The van der Waals surface area contributed by atoms with Crippen molar-refractivity contribution in [1.82, 2.24) is 0 Å². The van der Waals surface area contributed by atoms with E-state index in [0.29, 0.717) is 12.1 Å². The summed E-state index contributed by atoms with van der Waals surface area (Å²) in [5, 5.41) is 24.0. The second-order valence-electron chi connectivity index (χ2n) is 6.07. The zero-order chi connectivity index (χ0) is 21.2. The molecule has 0 spiro atoms. The minimum Gasteiger partial charge on any atom is -0.507 e. The fourth-order valence-corrected chi connectivity index (χ4v) is 2.76. The van der Waals surface area contributed by atoms with Gasteiger partial charge in [-0.2, -0.15) is 0 Å². The predicted octanol–water partition coefficient (Wildman–Crippen LogP) is 3.29. The molecule has 0 radical (unpaired) electrons. The summed E-state index contributed by atoms with van der Waals surface area (Å²) in [6, 6.07) is 0.978. The fraction of sp³-hybridized carbons (Fsp3) is 0.350. The summed E-state index contributed by atoms with van der Waals surface area (Å²) in [4.78, 5) is 28.7. The van der Waals surface area contributed by atoms with Gasteiger partial charge in [-0.25, -0.2) is 9.59 Å². The SMILES string of the molecule is COC(=O)CON=C1C=CCCC=CCCOC(=O)c2c(O)cc(O)c(Cl)c2C1. The van der Waals surface area contributed by atoms with Gasteiger partial charge in [0.05, 0.1) is 24.5 Å². The fourth-order valence-electron chi connectivity index (χ4n) is 2.55. The Morgan fingerprint density at radius 2 is 1.93 bits per heavy atom. The number of methoxy groups -OCH3 is 1. The Kier molecular flexibility index (Phi) is 8.54. The molecular weight excluding hydrogens is 402 g/mol. The lowest BCUT2D eigenvalue weighted by Crippen LogP contribution is -2.14. The first kappa shape index (κ1) is 22.3. The zero-order valence-electron chi connectivity index (χ0n) is 15.9. The molecule has 1 aromatic rings. The van der Waals surface area contributed by atoms with Crippen molar-refractivity contribution < 1.29 is 34.1 Å². The van der Waals surface area contributed by atoms with Crippen LogP contribution in [0.25, 0.3) is 0 Å². The molecule has 1 aromatic carbocycles. The van der Waals surface area contributed by atoms with Crippen LogP contribution in [0.15, 0.2) is 35.5 Å². The number of carbonyl (C=O) groups is 2. The summed E-state index contributed by atoms with van der Waals surface area (Å²) in [6.07, 6.45) is 9.34. The molecule has 0 saturated carbocycles. The third-order valence-electron chi connectivity index (χ3n) is 3.97. The molecule has 1 aliphatic rings. The summed E-state index contributed by atoms with van der Waals surface area (Å²) in [5.74, 6) is -2.24. The Bertz CT molecular complexity index is 846. The summed E-state index contributed by atoms with van der Waals surface area (Å²) >= 11 is 6.20. The summed E-state index contributed by atoms with van der Waals surface area (Å²) < 4.78 is 9.70. The number of carbonyl (C=O) groups excluding carboxylic acids is 2. The van der Waals surface area contributed by atoms with Crippen LogP contribution in [0.5, 0.6) is 11.5 Å². The van der Waals surface area contributed by atoms with E-state index in [1.807, 2.05) is 18.2 Å². The number of ether oxygens (including phenoxy) is 2. The molecule has 2 N–H and O–H groups in total. The quantitative estimate of drug-likeness (QED) is 0.435. The lowest BCUT2D eigenvalue weighted by atomic mass is 9.99. The van der Waals surface area contributed by atoms with Gasteiger partial charge in [-0.15, -0.1) is 0 Å². The van der Waals surface area contributed by atoms with E-state index in [2.05, 4.69) is 9.89 Å². The first-order valence-electron chi connectivity index (χ1n) is 8.91. The molecule has 29 heavy (non-hydrogen) atoms. The van der Waals surface area contributed by atoms with E-state index >= 15 is 0 Å². The van der Waals surface area contributed by atoms with Crippen LogP contribution in [0, 0.1) is 0 Å². The summed E-state index contributed by atoms with van der Waals surface area (Å²) in [7, 11) is 1.22. The number of hydrogen-bond donors (Lipinski definition) is 2. The Balaban J connectivity index is 2.45. The average molecular weight is 424 g/mol. The Labute approximate surface area is 173 Å². The molecular formula is C20H22ClNO7. The van der Waals surface area contributed by atoms with Gasteiger partial charge in [-0.05, 0) is 30.9 Å². The van der Waals surface area contributed by atoms with Crippen molar-refractivity contribution in [3.63, 3.8) is 0 Å². The minimum atomic E-state index is -0.774. The van der Waals surface area contributed by atoms with Gasteiger partial charge in [-0.3, -0.25) is 0 Å². The van der Waals surface area contributed by atoms with Crippen LogP contribution in [-0.2, 0) is 25.5 Å². The number of hydrogen-bond acceptors (Lipinski definition) is 8. The normalized spacial score (nSPS) is 16.6. The average Bonchev–Trinajstić information content (AvgIpc) is 2.69. The molecule has 0 unspecified atom stereocenters. The van der Waals surface area contributed by atoms with Crippen molar-refractivity contribution in [3.05, 3.63) is 46.5 Å². The van der Waals surface area contributed by atoms with Crippen molar-refractivity contribution in [2.45, 2.75) is 25.7 Å². The molecule has 1 heterocycles. The van der Waals surface area contributed by atoms with E-state index < -0.39 is 30.0 Å². The van der Waals surface area contributed by atoms with E-state index in [1.165, 1.54) is 7.11 Å². The predicted molar refractivity (Wildman–Crippen MR) is 106 cm³/mol. The number of phenols is 2. The molecule has 0 atom stereocenters. The molecule has 156 valence electrons. The topological polar surface area (TPSA) is 115 Å². The number of esters is 2. The maximum absolute atomic E-state index is 12.5. The third-order valence-corrected chi connectivity index (χ3v) is 4.39. The summed E-state index contributed by atoms with van der Waals surface area (Å²) in [5.41, 5.74) is 0.283. The van der Waals surface area contributed by atoms with Crippen LogP contribution >= 0.6 is 11.6 Å². The highest BCUT2D eigenvalue weighted by atomic mass is 35.5. The number of fused-ring (bicyclic) bond motifs is 1. The maximum atomic E-state index is 12.5. The Morgan fingerprint density at radius 1 is 1.21 bits per heavy atom. The number of aromatic hydroxyl groups is 2. The minimum absolute atomic E-state index is 0.0568. The molecule has 0 amide bonds. The largest absolute Gasteiger partial charge is 0.507 e. The number of phenolic OH excluding ortho intramolecular Hbond substituents is 2. The van der Waals surface area contributed by atoms with Gasteiger partial charge in [0.15, 0.2) is 0 Å². The van der Waals surface area contributed by atoms with Crippen molar-refractivity contribution in [3.8, 4) is 11.5 Å². The molecule has 1 aliphatic heterocycles. The van der Waals surface area contributed by atoms with Crippen LogP contribution in [0.2, 0.25) is 5.02 Å². The van der Waals surface area contributed by atoms with Gasteiger partial charge in [0, 0.05) is 12.5 Å². The first-order chi connectivity index (χ1) is 13.9. The van der Waals surface area contributed by atoms with Gasteiger partial charge in [0.1, 0.15) is 17.1 Å². The number of oxime groups is 1. The van der Waals surface area contributed by atoms with E-state index in [4.69, 9.17) is 21.2 Å². The van der Waals surface area contributed by atoms with Gasteiger partial charge in [0.2, 0.25) is 6.61 Å². The molecule has 2 rings (SSSR count). The number of halogens is 1. The number of benzene rings is 1. The second-order valence-corrected chi connectivity index (χ2v) is 6.45. The lowest BCUT2D eigenvalue weighted by Gasteiger charge is -2.14. The van der Waals surface area contributed by atoms with Crippen molar-refractivity contribution in [1.29, 1.82) is 0 Å². The molecule has 0 fully saturated rings. The van der Waals surface area contributed by atoms with E-state index in [0.717, 1.165) is 18.9 Å². The molecule has 0 saturated heterocycles. The van der Waals surface area contributed by atoms with Crippen molar-refractivity contribution in [2.75, 3.05) is 20.3 Å². The first-order valence-corrected chi connectivity index (χ1v) is 9.29. The Hall–Kier alpha value is -3.00. The number of nitrogens with zero attached hydrogens (tertiary/aromatic N) is 1. The second kappa shape index (κ2) is 11.1.